The van der Waals surface area contributed by atoms with Gasteiger partial charge in [-0.3, -0.25) is 0 Å². The summed E-state index contributed by atoms with van der Waals surface area (Å²) in [7, 11) is 1.96. The fourth-order valence-corrected chi connectivity index (χ4v) is 1.70. The standard InChI is InChI=1S/C13H20ClNO/c1-9-7-12(5-6-13(9)14)16-11(3)8-10(2)15-4/h5-7,10-11,15H,8H2,1-4H3. The summed E-state index contributed by atoms with van der Waals surface area (Å²) in [6.45, 7) is 6.21. The first-order valence-electron chi connectivity index (χ1n) is 5.63. The van der Waals surface area contributed by atoms with Crippen LogP contribution in [0.15, 0.2) is 18.2 Å². The van der Waals surface area contributed by atoms with Crippen molar-refractivity contribution in [3.05, 3.63) is 28.8 Å². The highest BCUT2D eigenvalue weighted by Gasteiger charge is 2.09. The average molecular weight is 242 g/mol. The summed E-state index contributed by atoms with van der Waals surface area (Å²) in [5.74, 6) is 0.887. The van der Waals surface area contributed by atoms with Crippen molar-refractivity contribution in [2.45, 2.75) is 39.3 Å². The van der Waals surface area contributed by atoms with Gasteiger partial charge >= 0.3 is 0 Å². The van der Waals surface area contributed by atoms with Crippen molar-refractivity contribution in [2.75, 3.05) is 7.05 Å². The third-order valence-electron chi connectivity index (χ3n) is 2.64. The first-order valence-corrected chi connectivity index (χ1v) is 6.00. The maximum atomic E-state index is 5.96. The lowest BCUT2D eigenvalue weighted by molar-refractivity contribution is 0.197. The van der Waals surface area contributed by atoms with Gasteiger partial charge in [-0.25, -0.2) is 0 Å². The minimum absolute atomic E-state index is 0.197. The van der Waals surface area contributed by atoms with E-state index in [0.717, 1.165) is 22.8 Å². The Labute approximate surface area is 103 Å². The zero-order valence-corrected chi connectivity index (χ0v) is 11.1. The van der Waals surface area contributed by atoms with Gasteiger partial charge < -0.3 is 10.1 Å². The summed E-state index contributed by atoms with van der Waals surface area (Å²) in [5.41, 5.74) is 1.05. The van der Waals surface area contributed by atoms with Crippen LogP contribution in [0, 0.1) is 6.92 Å². The Hall–Kier alpha value is -0.730. The number of hydrogen-bond donors (Lipinski definition) is 1. The van der Waals surface area contributed by atoms with E-state index in [1.165, 1.54) is 0 Å². The van der Waals surface area contributed by atoms with Gasteiger partial charge in [-0.1, -0.05) is 11.6 Å². The minimum Gasteiger partial charge on any atom is -0.491 e. The molecule has 0 aliphatic rings. The Morgan fingerprint density at radius 3 is 2.62 bits per heavy atom. The smallest absolute Gasteiger partial charge is 0.120 e. The van der Waals surface area contributed by atoms with E-state index >= 15 is 0 Å². The van der Waals surface area contributed by atoms with E-state index < -0.39 is 0 Å². The van der Waals surface area contributed by atoms with Gasteiger partial charge in [0.2, 0.25) is 0 Å². The van der Waals surface area contributed by atoms with Gasteiger partial charge in [0, 0.05) is 11.1 Å². The Morgan fingerprint density at radius 2 is 2.06 bits per heavy atom. The number of halogens is 1. The summed E-state index contributed by atoms with van der Waals surface area (Å²) in [6.07, 6.45) is 1.18. The predicted molar refractivity (Wildman–Crippen MR) is 69.4 cm³/mol. The van der Waals surface area contributed by atoms with Gasteiger partial charge in [0.15, 0.2) is 0 Å². The average Bonchev–Trinajstić information content (AvgIpc) is 2.23. The molecule has 0 amide bonds. The molecule has 0 spiro atoms. The lowest BCUT2D eigenvalue weighted by Crippen LogP contribution is -2.28. The van der Waals surface area contributed by atoms with Crippen LogP contribution in [-0.2, 0) is 0 Å². The second kappa shape index (κ2) is 6.12. The second-order valence-corrected chi connectivity index (χ2v) is 4.67. The lowest BCUT2D eigenvalue weighted by atomic mass is 10.1. The van der Waals surface area contributed by atoms with Crippen LogP contribution < -0.4 is 10.1 Å². The summed E-state index contributed by atoms with van der Waals surface area (Å²) >= 11 is 5.96. The molecular weight excluding hydrogens is 222 g/mol. The monoisotopic (exact) mass is 241 g/mol. The largest absolute Gasteiger partial charge is 0.491 e. The molecule has 0 saturated carbocycles. The van der Waals surface area contributed by atoms with Gasteiger partial charge in [-0.2, -0.15) is 0 Å². The molecule has 2 atom stereocenters. The van der Waals surface area contributed by atoms with Crippen LogP contribution in [0.2, 0.25) is 5.02 Å². The molecule has 3 heteroatoms. The summed E-state index contributed by atoms with van der Waals surface area (Å²) in [6, 6.07) is 6.22. The third kappa shape index (κ3) is 4.03. The number of nitrogens with one attached hydrogen (secondary N) is 1. The van der Waals surface area contributed by atoms with Crippen molar-refractivity contribution in [1.82, 2.24) is 5.32 Å². The summed E-state index contributed by atoms with van der Waals surface area (Å²) in [4.78, 5) is 0. The van der Waals surface area contributed by atoms with Crippen LogP contribution in [0.1, 0.15) is 25.8 Å². The molecule has 1 rings (SSSR count). The molecule has 1 N–H and O–H groups in total. The van der Waals surface area contributed by atoms with E-state index in [1.54, 1.807) is 0 Å². The summed E-state index contributed by atoms with van der Waals surface area (Å²) < 4.78 is 5.82. The van der Waals surface area contributed by atoms with Gasteiger partial charge in [0.25, 0.3) is 0 Å². The molecule has 90 valence electrons. The van der Waals surface area contributed by atoms with E-state index in [4.69, 9.17) is 16.3 Å². The predicted octanol–water partition coefficient (Wildman–Crippen LogP) is 3.41. The molecule has 2 unspecified atom stereocenters. The topological polar surface area (TPSA) is 21.3 Å². The zero-order chi connectivity index (χ0) is 12.1. The van der Waals surface area contributed by atoms with E-state index in [0.29, 0.717) is 6.04 Å². The second-order valence-electron chi connectivity index (χ2n) is 4.26. The van der Waals surface area contributed by atoms with Crippen LogP contribution in [0.4, 0.5) is 0 Å². The Balaban J connectivity index is 2.56. The maximum absolute atomic E-state index is 5.96. The van der Waals surface area contributed by atoms with Crippen molar-refractivity contribution in [3.63, 3.8) is 0 Å². The molecule has 0 heterocycles. The molecule has 0 saturated heterocycles. The molecule has 0 aromatic heterocycles. The van der Waals surface area contributed by atoms with Crippen molar-refractivity contribution in [2.24, 2.45) is 0 Å². The lowest BCUT2D eigenvalue weighted by Gasteiger charge is -2.19. The molecule has 16 heavy (non-hydrogen) atoms. The Bertz CT molecular complexity index is 341. The Morgan fingerprint density at radius 1 is 1.38 bits per heavy atom. The van der Waals surface area contributed by atoms with Gasteiger partial charge in [0.1, 0.15) is 5.75 Å². The molecule has 0 aliphatic heterocycles. The maximum Gasteiger partial charge on any atom is 0.120 e. The van der Waals surface area contributed by atoms with Gasteiger partial charge in [-0.15, -0.1) is 0 Å². The molecule has 0 bridgehead atoms. The molecular formula is C13H20ClNO. The number of rotatable bonds is 5. The van der Waals surface area contributed by atoms with E-state index in [2.05, 4.69) is 19.2 Å². The fraction of sp³-hybridized carbons (Fsp3) is 0.538. The molecule has 2 nitrogen and oxygen atoms in total. The number of aryl methyl sites for hydroxylation is 1. The molecule has 1 aromatic rings. The number of benzene rings is 1. The quantitative estimate of drug-likeness (QED) is 0.853. The van der Waals surface area contributed by atoms with Crippen LogP contribution >= 0.6 is 11.6 Å². The molecule has 0 aliphatic carbocycles. The van der Waals surface area contributed by atoms with E-state index in [-0.39, 0.29) is 6.10 Å². The van der Waals surface area contributed by atoms with E-state index in [1.807, 2.05) is 32.2 Å². The number of ether oxygens (including phenoxy) is 1. The highest BCUT2D eigenvalue weighted by Crippen LogP contribution is 2.22. The van der Waals surface area contributed by atoms with Crippen LogP contribution in [0.5, 0.6) is 5.75 Å². The normalized spacial score (nSPS) is 14.6. The first kappa shape index (κ1) is 13.3. The number of hydrogen-bond acceptors (Lipinski definition) is 2. The minimum atomic E-state index is 0.197. The SMILES string of the molecule is CNC(C)CC(C)Oc1ccc(Cl)c(C)c1. The molecule has 1 aromatic carbocycles. The van der Waals surface area contributed by atoms with Gasteiger partial charge in [-0.05, 0) is 58.0 Å². The van der Waals surface area contributed by atoms with Crippen molar-refractivity contribution < 1.29 is 4.74 Å². The Kier molecular flexibility index (Phi) is 5.10. The van der Waals surface area contributed by atoms with Crippen molar-refractivity contribution in [3.8, 4) is 5.75 Å². The highest BCUT2D eigenvalue weighted by atomic mass is 35.5. The highest BCUT2D eigenvalue weighted by molar-refractivity contribution is 6.31. The van der Waals surface area contributed by atoms with Crippen LogP contribution in [0.25, 0.3) is 0 Å². The van der Waals surface area contributed by atoms with Crippen LogP contribution in [0.3, 0.4) is 0 Å². The first-order chi connectivity index (χ1) is 7.52. The van der Waals surface area contributed by atoms with Crippen molar-refractivity contribution >= 4 is 11.6 Å². The van der Waals surface area contributed by atoms with Crippen LogP contribution in [-0.4, -0.2) is 19.2 Å². The zero-order valence-electron chi connectivity index (χ0n) is 10.4. The van der Waals surface area contributed by atoms with E-state index in [9.17, 15) is 0 Å². The molecule has 0 fully saturated rings. The summed E-state index contributed by atoms with van der Waals surface area (Å²) in [5, 5.41) is 3.98. The fourth-order valence-electron chi connectivity index (χ4n) is 1.59. The third-order valence-corrected chi connectivity index (χ3v) is 3.07. The van der Waals surface area contributed by atoms with Crippen molar-refractivity contribution in [1.29, 1.82) is 0 Å². The van der Waals surface area contributed by atoms with Gasteiger partial charge in [0.05, 0.1) is 6.10 Å². The molecule has 0 radical (unpaired) electrons.